The van der Waals surface area contributed by atoms with Crippen molar-refractivity contribution in [3.05, 3.63) is 77.4 Å². The van der Waals surface area contributed by atoms with Gasteiger partial charge in [0.15, 0.2) is 5.78 Å². The van der Waals surface area contributed by atoms with Gasteiger partial charge in [-0.15, -0.1) is 0 Å². The third-order valence-corrected chi connectivity index (χ3v) is 3.37. The molecule has 0 amide bonds. The van der Waals surface area contributed by atoms with Gasteiger partial charge in [-0.3, -0.25) is 4.79 Å². The van der Waals surface area contributed by atoms with Gasteiger partial charge in [-0.1, -0.05) is 28.1 Å². The van der Waals surface area contributed by atoms with E-state index in [4.69, 9.17) is 10.00 Å². The van der Waals surface area contributed by atoms with E-state index in [1.165, 1.54) is 0 Å². The highest BCUT2D eigenvalue weighted by Crippen LogP contribution is 2.16. The summed E-state index contributed by atoms with van der Waals surface area (Å²) in [4.78, 5) is 12.3. The summed E-state index contributed by atoms with van der Waals surface area (Å²) in [6.07, 6.45) is 3.88. The number of halogens is 1. The number of hydrogen-bond acceptors (Lipinski definition) is 3. The largest absolute Gasteiger partial charge is 0.490 e. The average Bonchev–Trinajstić information content (AvgIpc) is 2.59. The maximum atomic E-state index is 12.3. The molecule has 110 valence electrons. The second kappa shape index (κ2) is 8.16. The molecule has 0 saturated carbocycles. The molecule has 3 nitrogen and oxygen atoms in total. The van der Waals surface area contributed by atoms with Crippen molar-refractivity contribution >= 4 is 21.7 Å². The van der Waals surface area contributed by atoms with Gasteiger partial charge in [-0.25, -0.2) is 0 Å². The average molecular weight is 356 g/mol. The summed E-state index contributed by atoms with van der Waals surface area (Å²) in [5.74, 6) is 0.644. The minimum Gasteiger partial charge on any atom is -0.490 e. The van der Waals surface area contributed by atoms with Gasteiger partial charge in [-0.05, 0) is 48.5 Å². The third-order valence-electron chi connectivity index (χ3n) is 2.99. The van der Waals surface area contributed by atoms with Gasteiger partial charge in [0, 0.05) is 16.5 Å². The van der Waals surface area contributed by atoms with Crippen molar-refractivity contribution in [1.29, 1.82) is 5.26 Å². The van der Waals surface area contributed by atoms with Crippen LogP contribution >= 0.6 is 15.9 Å². The van der Waals surface area contributed by atoms with Crippen LogP contribution < -0.4 is 4.74 Å². The van der Waals surface area contributed by atoms with E-state index in [1.54, 1.807) is 48.5 Å². The molecule has 0 atom stereocenters. The van der Waals surface area contributed by atoms with Crippen LogP contribution in [0.4, 0.5) is 0 Å². The molecule has 0 aromatic heterocycles. The van der Waals surface area contributed by atoms with Gasteiger partial charge in [0.1, 0.15) is 12.4 Å². The van der Waals surface area contributed by atoms with Crippen molar-refractivity contribution in [3.8, 4) is 11.8 Å². The summed E-state index contributed by atoms with van der Waals surface area (Å²) >= 11 is 3.29. The lowest BCUT2D eigenvalue weighted by Gasteiger charge is -2.05. The molecular formula is C18H14BrNO2. The summed E-state index contributed by atoms with van der Waals surface area (Å²) in [5.41, 5.74) is 1.69. The van der Waals surface area contributed by atoms with Gasteiger partial charge in [0.2, 0.25) is 0 Å². The van der Waals surface area contributed by atoms with Crippen molar-refractivity contribution in [3.63, 3.8) is 0 Å². The molecule has 0 bridgehead atoms. The topological polar surface area (TPSA) is 50.1 Å². The number of nitriles is 1. The molecule has 0 aliphatic carbocycles. The molecule has 22 heavy (non-hydrogen) atoms. The molecule has 4 heteroatoms. The van der Waals surface area contributed by atoms with Gasteiger partial charge in [0.05, 0.1) is 11.6 Å². The molecule has 2 rings (SSSR count). The first-order valence-electron chi connectivity index (χ1n) is 6.73. The summed E-state index contributed by atoms with van der Waals surface area (Å²) < 4.78 is 5.52. The Bertz CT molecular complexity index is 697. The highest BCUT2D eigenvalue weighted by Gasteiger charge is 2.09. The van der Waals surface area contributed by atoms with E-state index in [0.29, 0.717) is 23.3 Å². The molecule has 0 N–H and O–H groups in total. The van der Waals surface area contributed by atoms with E-state index in [9.17, 15) is 4.79 Å². The lowest BCUT2D eigenvalue weighted by molar-refractivity contribution is 0.103. The molecular weight excluding hydrogens is 342 g/mol. The normalized spacial score (nSPS) is 10.4. The number of alkyl halides is 1. The Balaban J connectivity index is 2.04. The molecule has 0 saturated heterocycles. The van der Waals surface area contributed by atoms with Crippen molar-refractivity contribution in [1.82, 2.24) is 0 Å². The van der Waals surface area contributed by atoms with E-state index in [-0.39, 0.29) is 5.78 Å². The van der Waals surface area contributed by atoms with Gasteiger partial charge in [-0.2, -0.15) is 5.26 Å². The molecule has 0 fully saturated rings. The quantitative estimate of drug-likeness (QED) is 0.444. The van der Waals surface area contributed by atoms with Crippen molar-refractivity contribution in [2.45, 2.75) is 0 Å². The van der Waals surface area contributed by atoms with Crippen LogP contribution in [0.5, 0.6) is 5.75 Å². The Morgan fingerprint density at radius 2 is 1.64 bits per heavy atom. The lowest BCUT2D eigenvalue weighted by Crippen LogP contribution is -2.01. The second-order valence-electron chi connectivity index (χ2n) is 4.48. The van der Waals surface area contributed by atoms with E-state index < -0.39 is 0 Å². The number of carbonyl (C=O) groups excluding carboxylic acids is 1. The fraction of sp³-hybridized carbons (Fsp3) is 0.111. The van der Waals surface area contributed by atoms with Crippen molar-refractivity contribution in [2.75, 3.05) is 11.9 Å². The van der Waals surface area contributed by atoms with Crippen LogP contribution in [0.2, 0.25) is 0 Å². The monoisotopic (exact) mass is 355 g/mol. The summed E-state index contributed by atoms with van der Waals surface area (Å²) in [6.45, 7) is 0.495. The summed E-state index contributed by atoms with van der Waals surface area (Å²) in [5, 5.41) is 9.56. The minimum atomic E-state index is -0.0739. The molecule has 0 radical (unpaired) electrons. The van der Waals surface area contributed by atoms with Gasteiger partial charge < -0.3 is 4.74 Å². The fourth-order valence-electron chi connectivity index (χ4n) is 1.84. The van der Waals surface area contributed by atoms with Crippen LogP contribution in [-0.4, -0.2) is 17.7 Å². The predicted molar refractivity (Wildman–Crippen MR) is 89.5 cm³/mol. The Hall–Kier alpha value is -2.38. The first-order chi connectivity index (χ1) is 10.7. The van der Waals surface area contributed by atoms with Crippen LogP contribution in [0.3, 0.4) is 0 Å². The van der Waals surface area contributed by atoms with E-state index >= 15 is 0 Å². The zero-order chi connectivity index (χ0) is 15.8. The van der Waals surface area contributed by atoms with Crippen molar-refractivity contribution < 1.29 is 9.53 Å². The lowest BCUT2D eigenvalue weighted by atomic mass is 10.0. The molecule has 0 unspecified atom stereocenters. The molecule has 0 heterocycles. The first-order valence-corrected chi connectivity index (χ1v) is 7.85. The predicted octanol–water partition coefficient (Wildman–Crippen LogP) is 4.12. The highest BCUT2D eigenvalue weighted by atomic mass is 79.9. The van der Waals surface area contributed by atoms with Crippen LogP contribution in [-0.2, 0) is 0 Å². The van der Waals surface area contributed by atoms with Crippen molar-refractivity contribution in [2.24, 2.45) is 0 Å². The SMILES string of the molecule is N#Cc1ccc(C(=O)c2ccc(OC/C=C/CBr)cc2)cc1. The number of hydrogen-bond donors (Lipinski definition) is 0. The maximum Gasteiger partial charge on any atom is 0.193 e. The van der Waals surface area contributed by atoms with Crippen LogP contribution in [0.1, 0.15) is 21.5 Å². The molecule has 0 aliphatic heterocycles. The maximum absolute atomic E-state index is 12.3. The Labute approximate surface area is 138 Å². The Morgan fingerprint density at radius 3 is 2.18 bits per heavy atom. The zero-order valence-corrected chi connectivity index (χ0v) is 13.4. The summed E-state index contributed by atoms with van der Waals surface area (Å²) in [6, 6.07) is 15.7. The van der Waals surface area contributed by atoms with Crippen LogP contribution in [0, 0.1) is 11.3 Å². The van der Waals surface area contributed by atoms with Gasteiger partial charge in [0.25, 0.3) is 0 Å². The second-order valence-corrected chi connectivity index (χ2v) is 5.13. The number of carbonyl (C=O) groups is 1. The summed E-state index contributed by atoms with van der Waals surface area (Å²) in [7, 11) is 0. The molecule has 0 spiro atoms. The van der Waals surface area contributed by atoms with Gasteiger partial charge >= 0.3 is 0 Å². The molecule has 2 aromatic rings. The Morgan fingerprint density at radius 1 is 1.05 bits per heavy atom. The number of nitrogens with zero attached hydrogens (tertiary/aromatic N) is 1. The minimum absolute atomic E-state index is 0.0739. The van der Waals surface area contributed by atoms with E-state index in [1.807, 2.05) is 18.2 Å². The number of ketones is 1. The smallest absolute Gasteiger partial charge is 0.193 e. The van der Waals surface area contributed by atoms with Crippen LogP contribution in [0.25, 0.3) is 0 Å². The number of benzene rings is 2. The zero-order valence-electron chi connectivity index (χ0n) is 11.8. The fourth-order valence-corrected chi connectivity index (χ4v) is 2.11. The molecule has 0 aliphatic rings. The third kappa shape index (κ3) is 4.31. The number of ether oxygens (including phenoxy) is 1. The number of allylic oxidation sites excluding steroid dienone is 1. The highest BCUT2D eigenvalue weighted by molar-refractivity contribution is 9.09. The van der Waals surface area contributed by atoms with E-state index in [0.717, 1.165) is 11.1 Å². The van der Waals surface area contributed by atoms with E-state index in [2.05, 4.69) is 15.9 Å². The Kier molecular flexibility index (Phi) is 5.93. The number of rotatable bonds is 6. The standard InChI is InChI=1S/C18H14BrNO2/c19-11-1-2-12-22-17-9-7-16(8-10-17)18(21)15-5-3-14(13-20)4-6-15/h1-10H,11-12H2/b2-1+. The molecule has 2 aromatic carbocycles. The first kappa shape index (κ1) is 16.0. The van der Waals surface area contributed by atoms with Crippen LogP contribution in [0.15, 0.2) is 60.7 Å².